The van der Waals surface area contributed by atoms with E-state index in [-0.39, 0.29) is 23.7 Å². The minimum absolute atomic E-state index is 0.147. The Morgan fingerprint density at radius 3 is 2.67 bits per heavy atom. The molecule has 0 bridgehead atoms. The maximum absolute atomic E-state index is 13.1. The predicted octanol–water partition coefficient (Wildman–Crippen LogP) is 6.17. The number of benzene rings is 2. The standard InChI is InChI=1S/C35H47ClN2O6S/c1-23(45(37,41)42)8-6-10-31(39)34(5)17-15-26(34)20-38-21-35(16-7-9-24-18-27(36)12-13-28(24)35)22-43-30-14-11-25(19-29(30)38)32(40)44-33(2,3)4/h6,10-14,18-19,23,26,31,39H,7-9,15-17,20-22H2,1-5H3,(H2,37,41,42)/b10-6+/t23-,26-,31+,34+,35?/m1/s1. The van der Waals surface area contributed by atoms with Crippen molar-refractivity contribution in [1.82, 2.24) is 0 Å². The van der Waals surface area contributed by atoms with E-state index in [1.165, 1.54) is 11.1 Å². The van der Waals surface area contributed by atoms with Crippen LogP contribution >= 0.6 is 11.6 Å². The maximum Gasteiger partial charge on any atom is 0.338 e. The highest BCUT2D eigenvalue weighted by molar-refractivity contribution is 7.89. The van der Waals surface area contributed by atoms with Gasteiger partial charge in [-0.3, -0.25) is 0 Å². The molecule has 5 rings (SSSR count). The zero-order valence-electron chi connectivity index (χ0n) is 27.0. The van der Waals surface area contributed by atoms with E-state index >= 15 is 0 Å². The molecule has 1 aliphatic heterocycles. The number of aliphatic hydroxyl groups excluding tert-OH is 1. The number of allylic oxidation sites excluding steroid dienone is 1. The first-order valence-electron chi connectivity index (χ1n) is 15.9. The largest absolute Gasteiger partial charge is 0.490 e. The molecule has 45 heavy (non-hydrogen) atoms. The van der Waals surface area contributed by atoms with Gasteiger partial charge in [-0.1, -0.05) is 36.7 Å². The maximum atomic E-state index is 13.1. The Morgan fingerprint density at radius 1 is 1.24 bits per heavy atom. The molecule has 1 fully saturated rings. The number of ether oxygens (including phenoxy) is 2. The average molecular weight is 659 g/mol. The van der Waals surface area contributed by atoms with Crippen LogP contribution in [-0.2, 0) is 26.6 Å². The van der Waals surface area contributed by atoms with Gasteiger partial charge in [-0.25, -0.2) is 18.4 Å². The lowest BCUT2D eigenvalue weighted by Crippen LogP contribution is -2.53. The van der Waals surface area contributed by atoms with Crippen molar-refractivity contribution in [1.29, 1.82) is 0 Å². The van der Waals surface area contributed by atoms with Crippen LogP contribution in [-0.4, -0.2) is 56.1 Å². The van der Waals surface area contributed by atoms with Crippen LogP contribution in [0.1, 0.15) is 88.2 Å². The minimum atomic E-state index is -3.64. The number of sulfonamides is 1. The fourth-order valence-corrected chi connectivity index (χ4v) is 7.66. The Kier molecular flexibility index (Phi) is 9.41. The van der Waals surface area contributed by atoms with E-state index in [1.54, 1.807) is 25.1 Å². The van der Waals surface area contributed by atoms with Crippen molar-refractivity contribution in [2.75, 3.05) is 24.6 Å². The molecule has 5 atom stereocenters. The van der Waals surface area contributed by atoms with Crippen LogP contribution < -0.4 is 14.8 Å². The van der Waals surface area contributed by atoms with Gasteiger partial charge in [0.25, 0.3) is 0 Å². The van der Waals surface area contributed by atoms with E-state index < -0.39 is 32.4 Å². The molecule has 1 spiro atoms. The molecule has 3 N–H and O–H groups in total. The molecule has 0 aromatic heterocycles. The number of aliphatic hydroxyl groups is 1. The number of anilines is 1. The fourth-order valence-electron chi connectivity index (χ4n) is 7.09. The number of halogens is 1. The monoisotopic (exact) mass is 658 g/mol. The highest BCUT2D eigenvalue weighted by Gasteiger charge is 2.49. The van der Waals surface area contributed by atoms with Crippen molar-refractivity contribution >= 4 is 33.3 Å². The highest BCUT2D eigenvalue weighted by atomic mass is 35.5. The molecule has 2 aliphatic carbocycles. The highest BCUT2D eigenvalue weighted by Crippen LogP contribution is 2.52. The number of rotatable bonds is 8. The minimum Gasteiger partial charge on any atom is -0.490 e. The second-order valence-corrected chi connectivity index (χ2v) is 17.0. The Labute approximate surface area is 273 Å². The van der Waals surface area contributed by atoms with Crippen molar-refractivity contribution < 1.29 is 27.8 Å². The van der Waals surface area contributed by atoms with Gasteiger partial charge in [0, 0.05) is 28.9 Å². The number of fused-ring (bicyclic) bond motifs is 3. The summed E-state index contributed by atoms with van der Waals surface area (Å²) in [6, 6.07) is 11.7. The van der Waals surface area contributed by atoms with E-state index in [2.05, 4.69) is 24.0 Å². The first-order valence-corrected chi connectivity index (χ1v) is 17.9. The van der Waals surface area contributed by atoms with Crippen molar-refractivity contribution in [3.63, 3.8) is 0 Å². The first-order chi connectivity index (χ1) is 21.0. The predicted molar refractivity (Wildman–Crippen MR) is 179 cm³/mol. The number of hydrogen-bond donors (Lipinski definition) is 2. The van der Waals surface area contributed by atoms with Crippen LogP contribution in [0.15, 0.2) is 48.6 Å². The fraction of sp³-hybridized carbons (Fsp3) is 0.571. The summed E-state index contributed by atoms with van der Waals surface area (Å²) in [6.07, 6.45) is 7.67. The van der Waals surface area contributed by atoms with Crippen molar-refractivity contribution in [2.24, 2.45) is 16.5 Å². The third-order valence-electron chi connectivity index (χ3n) is 10.1. The lowest BCUT2D eigenvalue weighted by atomic mass is 9.58. The number of carbonyl (C=O) groups is 1. The second kappa shape index (κ2) is 12.5. The lowest BCUT2D eigenvalue weighted by Gasteiger charge is -2.52. The SMILES string of the molecule is C[C@H](C/C=C/[C@H](O)[C@@]1(C)CC[C@@H]1CN1CC2(CCCc3cc(Cl)ccc32)COc2ccc(C(=O)OC(C)(C)C)cc21)S(N)(=O)=O. The molecule has 10 heteroatoms. The van der Waals surface area contributed by atoms with Crippen molar-refractivity contribution in [3.8, 4) is 5.75 Å². The quantitative estimate of drug-likeness (QED) is 0.257. The van der Waals surface area contributed by atoms with Gasteiger partial charge in [0.2, 0.25) is 10.0 Å². The van der Waals surface area contributed by atoms with E-state index in [4.69, 9.17) is 26.2 Å². The van der Waals surface area contributed by atoms with Gasteiger partial charge in [-0.15, -0.1) is 0 Å². The zero-order valence-corrected chi connectivity index (χ0v) is 28.6. The Bertz CT molecular complexity index is 1570. The number of esters is 1. The van der Waals surface area contributed by atoms with Gasteiger partial charge < -0.3 is 19.5 Å². The van der Waals surface area contributed by atoms with E-state index in [0.29, 0.717) is 25.3 Å². The third kappa shape index (κ3) is 7.22. The van der Waals surface area contributed by atoms with Crippen LogP contribution in [0.4, 0.5) is 5.69 Å². The Hall–Kier alpha value is -2.59. The molecule has 246 valence electrons. The summed E-state index contributed by atoms with van der Waals surface area (Å²) >= 11 is 6.41. The van der Waals surface area contributed by atoms with E-state index in [0.717, 1.165) is 48.6 Å². The molecule has 1 saturated carbocycles. The molecule has 1 unspecified atom stereocenters. The van der Waals surface area contributed by atoms with Crippen LogP contribution in [0, 0.1) is 11.3 Å². The molecule has 2 aromatic carbocycles. The van der Waals surface area contributed by atoms with Gasteiger partial charge in [-0.05, 0) is 114 Å². The number of hydrogen-bond acceptors (Lipinski definition) is 7. The Morgan fingerprint density at radius 2 is 2.00 bits per heavy atom. The van der Waals surface area contributed by atoms with Gasteiger partial charge in [0.1, 0.15) is 11.4 Å². The second-order valence-electron chi connectivity index (χ2n) is 14.5. The van der Waals surface area contributed by atoms with Gasteiger partial charge in [0.05, 0.1) is 29.2 Å². The van der Waals surface area contributed by atoms with Crippen LogP contribution in [0.25, 0.3) is 0 Å². The molecule has 0 saturated heterocycles. The number of nitrogens with two attached hydrogens (primary N) is 1. The number of carbonyl (C=O) groups excluding carboxylic acids is 1. The van der Waals surface area contributed by atoms with E-state index in [1.807, 2.05) is 39.0 Å². The van der Waals surface area contributed by atoms with Crippen LogP contribution in [0.3, 0.4) is 0 Å². The summed E-state index contributed by atoms with van der Waals surface area (Å²) in [6.45, 7) is 11.1. The molecule has 2 aromatic rings. The van der Waals surface area contributed by atoms with Crippen LogP contribution in [0.5, 0.6) is 5.75 Å². The molecule has 1 heterocycles. The van der Waals surface area contributed by atoms with Gasteiger partial charge in [-0.2, -0.15) is 0 Å². The van der Waals surface area contributed by atoms with Crippen LogP contribution in [0.2, 0.25) is 5.02 Å². The van der Waals surface area contributed by atoms with Crippen molar-refractivity contribution in [2.45, 2.75) is 95.5 Å². The summed E-state index contributed by atoms with van der Waals surface area (Å²) in [5.74, 6) is 0.484. The lowest BCUT2D eigenvalue weighted by molar-refractivity contribution is -0.0469. The summed E-state index contributed by atoms with van der Waals surface area (Å²) in [4.78, 5) is 15.5. The third-order valence-corrected chi connectivity index (χ3v) is 11.6. The smallest absolute Gasteiger partial charge is 0.338 e. The summed E-state index contributed by atoms with van der Waals surface area (Å²) in [5.41, 5.74) is 2.52. The number of nitrogens with zero attached hydrogens (tertiary/aromatic N) is 1. The normalized spacial score (nSPS) is 26.3. The van der Waals surface area contributed by atoms with Gasteiger partial charge >= 0.3 is 5.97 Å². The molecule has 0 amide bonds. The number of primary sulfonamides is 1. The number of aryl methyl sites for hydroxylation is 1. The van der Waals surface area contributed by atoms with Gasteiger partial charge in [0.15, 0.2) is 0 Å². The summed E-state index contributed by atoms with van der Waals surface area (Å²) in [7, 11) is -3.64. The molecule has 8 nitrogen and oxygen atoms in total. The van der Waals surface area contributed by atoms with Crippen molar-refractivity contribution in [3.05, 3.63) is 70.3 Å². The summed E-state index contributed by atoms with van der Waals surface area (Å²) < 4.78 is 35.6. The molecule has 0 radical (unpaired) electrons. The topological polar surface area (TPSA) is 119 Å². The first kappa shape index (κ1) is 33.8. The Balaban J connectivity index is 1.47. The van der Waals surface area contributed by atoms with E-state index in [9.17, 15) is 18.3 Å². The molecular formula is C35H47ClN2O6S. The average Bonchev–Trinajstić information content (AvgIpc) is 3.10. The zero-order chi connectivity index (χ0) is 32.8. The molecule has 3 aliphatic rings. The summed E-state index contributed by atoms with van der Waals surface area (Å²) in [5, 5.41) is 16.6. The molecular weight excluding hydrogens is 612 g/mol.